The topological polar surface area (TPSA) is 80.5 Å². The van der Waals surface area contributed by atoms with Gasteiger partial charge in [0.05, 0.1) is 22.1 Å². The lowest BCUT2D eigenvalue weighted by atomic mass is 10.2. The summed E-state index contributed by atoms with van der Waals surface area (Å²) in [6.07, 6.45) is 0. The van der Waals surface area contributed by atoms with Crippen LogP contribution < -0.4 is 4.31 Å². The number of hydrogen-bond acceptors (Lipinski definition) is 4. The minimum absolute atomic E-state index is 0.0828. The lowest BCUT2D eigenvalue weighted by Gasteiger charge is -2.25. The molecule has 0 aliphatic carbocycles. The van der Waals surface area contributed by atoms with E-state index in [9.17, 15) is 22.9 Å². The molecule has 0 heterocycles. The molecule has 3 aromatic rings. The van der Waals surface area contributed by atoms with Crippen LogP contribution in [-0.2, 0) is 16.6 Å². The van der Waals surface area contributed by atoms with Gasteiger partial charge in [-0.05, 0) is 54.4 Å². The van der Waals surface area contributed by atoms with Crippen LogP contribution in [0.4, 0.5) is 15.8 Å². The summed E-state index contributed by atoms with van der Waals surface area (Å²) in [4.78, 5) is 10.2. The summed E-state index contributed by atoms with van der Waals surface area (Å²) in [7, 11) is -4.04. The van der Waals surface area contributed by atoms with Crippen LogP contribution in [0.3, 0.4) is 0 Å². The summed E-state index contributed by atoms with van der Waals surface area (Å²) >= 11 is 0. The fourth-order valence-corrected chi connectivity index (χ4v) is 4.21. The van der Waals surface area contributed by atoms with Crippen molar-refractivity contribution in [3.8, 4) is 0 Å². The first-order valence-corrected chi connectivity index (χ1v) is 9.80. The van der Waals surface area contributed by atoms with E-state index in [1.54, 1.807) is 24.3 Å². The quantitative estimate of drug-likeness (QED) is 0.453. The summed E-state index contributed by atoms with van der Waals surface area (Å²) in [5, 5.41) is 10.8. The first kappa shape index (κ1) is 19.5. The average molecular weight is 400 g/mol. The highest BCUT2D eigenvalue weighted by Crippen LogP contribution is 2.28. The van der Waals surface area contributed by atoms with E-state index in [2.05, 4.69) is 0 Å². The number of anilines is 1. The Morgan fingerprint density at radius 2 is 1.68 bits per heavy atom. The van der Waals surface area contributed by atoms with Crippen LogP contribution in [0.15, 0.2) is 77.7 Å². The van der Waals surface area contributed by atoms with E-state index in [0.29, 0.717) is 11.3 Å². The maximum atomic E-state index is 13.6. The van der Waals surface area contributed by atoms with E-state index < -0.39 is 20.8 Å². The molecule has 0 fully saturated rings. The second-order valence-electron chi connectivity index (χ2n) is 6.23. The van der Waals surface area contributed by atoms with Gasteiger partial charge in [0.25, 0.3) is 15.7 Å². The highest BCUT2D eigenvalue weighted by atomic mass is 32.2. The molecular weight excluding hydrogens is 383 g/mol. The summed E-state index contributed by atoms with van der Waals surface area (Å²) in [5.74, 6) is -0.463. The molecule has 0 unspecified atom stereocenters. The molecule has 0 bridgehead atoms. The molecule has 0 atom stereocenters. The van der Waals surface area contributed by atoms with E-state index >= 15 is 0 Å². The predicted molar refractivity (Wildman–Crippen MR) is 104 cm³/mol. The molecular formula is C20H17FN2O4S. The Morgan fingerprint density at radius 3 is 2.29 bits per heavy atom. The molecule has 0 aliphatic rings. The van der Waals surface area contributed by atoms with Crippen LogP contribution in [0.1, 0.15) is 11.1 Å². The summed E-state index contributed by atoms with van der Waals surface area (Å²) < 4.78 is 41.3. The SMILES string of the molecule is Cc1cccc(N(Cc2cccc(F)c2)S(=O)(=O)c2ccc([N+](=O)[O-])cc2)c1. The molecule has 0 amide bonds. The van der Waals surface area contributed by atoms with Gasteiger partial charge in [0.2, 0.25) is 0 Å². The van der Waals surface area contributed by atoms with Crippen molar-refractivity contribution in [2.75, 3.05) is 4.31 Å². The number of aryl methyl sites for hydroxylation is 1. The standard InChI is InChI=1S/C20H17FN2O4S/c1-15-4-2-7-19(12-15)22(14-16-5-3-6-17(21)13-16)28(26,27)20-10-8-18(9-11-20)23(24)25/h2-13H,14H2,1H3. The van der Waals surface area contributed by atoms with Crippen molar-refractivity contribution in [1.29, 1.82) is 0 Å². The van der Waals surface area contributed by atoms with Crippen molar-refractivity contribution < 1.29 is 17.7 Å². The Hall–Kier alpha value is -3.26. The van der Waals surface area contributed by atoms with Gasteiger partial charge in [-0.25, -0.2) is 12.8 Å². The normalized spacial score (nSPS) is 11.2. The van der Waals surface area contributed by atoms with Crippen molar-refractivity contribution in [3.05, 3.63) is 99.9 Å². The van der Waals surface area contributed by atoms with E-state index in [-0.39, 0.29) is 17.1 Å². The first-order valence-electron chi connectivity index (χ1n) is 8.36. The van der Waals surface area contributed by atoms with E-state index in [4.69, 9.17) is 0 Å². The number of halogens is 1. The van der Waals surface area contributed by atoms with E-state index in [1.807, 2.05) is 13.0 Å². The minimum atomic E-state index is -4.04. The van der Waals surface area contributed by atoms with Crippen molar-refractivity contribution in [2.45, 2.75) is 18.4 Å². The molecule has 144 valence electrons. The van der Waals surface area contributed by atoms with Crippen LogP contribution in [0, 0.1) is 22.9 Å². The maximum Gasteiger partial charge on any atom is 0.269 e. The van der Waals surface area contributed by atoms with Gasteiger partial charge in [-0.15, -0.1) is 0 Å². The lowest BCUT2D eigenvalue weighted by molar-refractivity contribution is -0.384. The van der Waals surface area contributed by atoms with Crippen molar-refractivity contribution in [3.63, 3.8) is 0 Å². The smallest absolute Gasteiger partial charge is 0.262 e. The number of nitrogens with zero attached hydrogens (tertiary/aromatic N) is 2. The molecule has 0 N–H and O–H groups in total. The third-order valence-electron chi connectivity index (χ3n) is 4.14. The largest absolute Gasteiger partial charge is 0.269 e. The zero-order chi connectivity index (χ0) is 20.3. The number of nitro groups is 1. The summed E-state index contributed by atoms with van der Waals surface area (Å²) in [6, 6.07) is 17.3. The van der Waals surface area contributed by atoms with Gasteiger partial charge in [-0.1, -0.05) is 24.3 Å². The second-order valence-corrected chi connectivity index (χ2v) is 8.09. The van der Waals surface area contributed by atoms with Gasteiger partial charge in [0.1, 0.15) is 5.82 Å². The third-order valence-corrected chi connectivity index (χ3v) is 5.93. The molecule has 6 nitrogen and oxygen atoms in total. The zero-order valence-corrected chi connectivity index (χ0v) is 15.8. The van der Waals surface area contributed by atoms with Crippen LogP contribution >= 0.6 is 0 Å². The molecule has 0 aliphatic heterocycles. The number of non-ortho nitro benzene ring substituents is 1. The van der Waals surface area contributed by atoms with E-state index in [1.165, 1.54) is 30.3 Å². The summed E-state index contributed by atoms with van der Waals surface area (Å²) in [6.45, 7) is 1.75. The van der Waals surface area contributed by atoms with Crippen molar-refractivity contribution >= 4 is 21.4 Å². The van der Waals surface area contributed by atoms with Crippen LogP contribution in [0.2, 0.25) is 0 Å². The molecule has 0 saturated heterocycles. The monoisotopic (exact) mass is 400 g/mol. The highest BCUT2D eigenvalue weighted by molar-refractivity contribution is 7.92. The highest BCUT2D eigenvalue weighted by Gasteiger charge is 2.26. The Labute approximate surface area is 162 Å². The van der Waals surface area contributed by atoms with Crippen molar-refractivity contribution in [1.82, 2.24) is 0 Å². The molecule has 3 rings (SSSR count). The van der Waals surface area contributed by atoms with Gasteiger partial charge in [0, 0.05) is 12.1 Å². The number of hydrogen-bond donors (Lipinski definition) is 0. The van der Waals surface area contributed by atoms with Gasteiger partial charge in [-0.3, -0.25) is 14.4 Å². The predicted octanol–water partition coefficient (Wildman–Crippen LogP) is 4.44. The molecule has 0 saturated carbocycles. The molecule has 28 heavy (non-hydrogen) atoms. The Kier molecular flexibility index (Phi) is 5.41. The van der Waals surface area contributed by atoms with Crippen LogP contribution in [-0.4, -0.2) is 13.3 Å². The third kappa shape index (κ3) is 4.17. The first-order chi connectivity index (χ1) is 13.3. The van der Waals surface area contributed by atoms with Crippen LogP contribution in [0.5, 0.6) is 0 Å². The summed E-state index contributed by atoms with van der Waals surface area (Å²) in [5.41, 5.74) is 1.56. The lowest BCUT2D eigenvalue weighted by Crippen LogP contribution is -2.30. The Bertz CT molecular complexity index is 1120. The zero-order valence-electron chi connectivity index (χ0n) is 14.9. The molecule has 8 heteroatoms. The molecule has 0 spiro atoms. The molecule has 0 radical (unpaired) electrons. The fourth-order valence-electron chi connectivity index (χ4n) is 2.77. The molecule has 0 aromatic heterocycles. The fraction of sp³-hybridized carbons (Fsp3) is 0.100. The van der Waals surface area contributed by atoms with Gasteiger partial charge >= 0.3 is 0 Å². The molecule has 3 aromatic carbocycles. The number of sulfonamides is 1. The number of benzene rings is 3. The van der Waals surface area contributed by atoms with Gasteiger partial charge in [-0.2, -0.15) is 0 Å². The van der Waals surface area contributed by atoms with E-state index in [0.717, 1.165) is 22.0 Å². The van der Waals surface area contributed by atoms with Gasteiger partial charge < -0.3 is 0 Å². The Balaban J connectivity index is 2.07. The van der Waals surface area contributed by atoms with Crippen LogP contribution in [0.25, 0.3) is 0 Å². The maximum absolute atomic E-state index is 13.6. The van der Waals surface area contributed by atoms with Crippen molar-refractivity contribution in [2.24, 2.45) is 0 Å². The number of rotatable bonds is 6. The minimum Gasteiger partial charge on any atom is -0.262 e. The Morgan fingerprint density at radius 1 is 1.00 bits per heavy atom. The average Bonchev–Trinajstić information content (AvgIpc) is 2.66. The number of nitro benzene ring substituents is 1. The van der Waals surface area contributed by atoms with Gasteiger partial charge in [0.15, 0.2) is 0 Å². The second kappa shape index (κ2) is 7.77.